The van der Waals surface area contributed by atoms with Gasteiger partial charge < -0.3 is 15.5 Å². The van der Waals surface area contributed by atoms with Crippen LogP contribution in [0.1, 0.15) is 59.3 Å². The van der Waals surface area contributed by atoms with Crippen molar-refractivity contribution in [1.29, 1.82) is 0 Å². The summed E-state index contributed by atoms with van der Waals surface area (Å²) in [5.41, 5.74) is -1.06. The Morgan fingerprint density at radius 3 is 2.38 bits per heavy atom. The summed E-state index contributed by atoms with van der Waals surface area (Å²) in [7, 11) is 0. The molecule has 1 spiro atoms. The first-order valence-electron chi connectivity index (χ1n) is 10.9. The molecule has 2 aliphatic heterocycles. The van der Waals surface area contributed by atoms with Crippen LogP contribution in [0.15, 0.2) is 0 Å². The number of hydrogen-bond donors (Lipinski definition) is 2. The van der Waals surface area contributed by atoms with Gasteiger partial charge in [0.1, 0.15) is 12.6 Å². The van der Waals surface area contributed by atoms with E-state index in [0.717, 1.165) is 19.3 Å². The molecular weight excluding hydrogens is 431 g/mol. The summed E-state index contributed by atoms with van der Waals surface area (Å²) in [5, 5.41) is 5.12. The van der Waals surface area contributed by atoms with Crippen molar-refractivity contribution >= 4 is 23.5 Å². The lowest BCUT2D eigenvalue weighted by molar-refractivity contribution is -0.321. The number of ether oxygens (including phenoxy) is 1. The molecule has 180 valence electrons. The topological polar surface area (TPSA) is 105 Å². The summed E-state index contributed by atoms with van der Waals surface area (Å²) >= 11 is 0. The molecule has 2 N–H and O–H groups in total. The lowest BCUT2D eigenvalue weighted by Crippen LogP contribution is -2.75. The molecule has 0 aromatic carbocycles. The predicted octanol–water partition coefficient (Wildman–Crippen LogP) is 1.67. The molecule has 2 saturated heterocycles. The number of Topliss-reactive ketones (excluding diaryl/α,β-unsaturated/α-hetero) is 1. The van der Waals surface area contributed by atoms with Gasteiger partial charge in [-0.05, 0) is 32.1 Å². The normalized spacial score (nSPS) is 25.6. The summed E-state index contributed by atoms with van der Waals surface area (Å²) in [5.74, 6) is -2.65. The van der Waals surface area contributed by atoms with Gasteiger partial charge in [0.25, 0.3) is 0 Å². The summed E-state index contributed by atoms with van der Waals surface area (Å²) in [6, 6.07) is -2.11. The fourth-order valence-corrected chi connectivity index (χ4v) is 4.67. The van der Waals surface area contributed by atoms with Gasteiger partial charge in [0.05, 0.1) is 6.04 Å². The van der Waals surface area contributed by atoms with Crippen LogP contribution in [0.25, 0.3) is 0 Å². The highest BCUT2D eigenvalue weighted by molar-refractivity contribution is 5.96. The number of likely N-dealkylation sites (tertiary alicyclic amines) is 1. The van der Waals surface area contributed by atoms with Crippen molar-refractivity contribution in [3.8, 4) is 0 Å². The Hall–Kier alpha value is -2.17. The SMILES string of the molecule is CC(C)(C)C(=O)N1[C@H](C(=O)N[C@@H](C[C@@H]2CCNC2=O)C(=O)COC(F)(F)F)CC12CCC2. The molecular formula is C21H30F3N3O5. The Morgan fingerprint density at radius 1 is 1.25 bits per heavy atom. The molecule has 3 aliphatic rings. The zero-order valence-corrected chi connectivity index (χ0v) is 18.5. The van der Waals surface area contributed by atoms with E-state index in [9.17, 15) is 32.3 Å². The minimum absolute atomic E-state index is 0.122. The van der Waals surface area contributed by atoms with E-state index in [1.807, 2.05) is 0 Å². The Morgan fingerprint density at radius 2 is 1.91 bits per heavy atom. The fourth-order valence-electron chi connectivity index (χ4n) is 4.67. The van der Waals surface area contributed by atoms with Crippen LogP contribution in [0.2, 0.25) is 0 Å². The first kappa shape index (κ1) is 24.5. The second-order valence-electron chi connectivity index (χ2n) is 10.00. The van der Waals surface area contributed by atoms with Crippen LogP contribution in [0.5, 0.6) is 0 Å². The molecule has 0 aromatic rings. The maximum Gasteiger partial charge on any atom is 0.522 e. The van der Waals surface area contributed by atoms with Crippen molar-refractivity contribution in [1.82, 2.24) is 15.5 Å². The number of nitrogens with one attached hydrogen (secondary N) is 2. The zero-order chi connectivity index (χ0) is 23.9. The first-order chi connectivity index (χ1) is 14.7. The largest absolute Gasteiger partial charge is 0.522 e. The molecule has 0 radical (unpaired) electrons. The summed E-state index contributed by atoms with van der Waals surface area (Å²) in [4.78, 5) is 52.0. The molecule has 8 nitrogen and oxygen atoms in total. The van der Waals surface area contributed by atoms with Gasteiger partial charge in [-0.15, -0.1) is 13.2 Å². The van der Waals surface area contributed by atoms with Crippen LogP contribution >= 0.6 is 0 Å². The van der Waals surface area contributed by atoms with Gasteiger partial charge >= 0.3 is 6.36 Å². The maximum atomic E-state index is 13.0. The van der Waals surface area contributed by atoms with Crippen molar-refractivity contribution in [2.45, 2.75) is 83.3 Å². The van der Waals surface area contributed by atoms with Gasteiger partial charge in [-0.3, -0.25) is 23.9 Å². The van der Waals surface area contributed by atoms with Crippen LogP contribution in [-0.4, -0.2) is 65.5 Å². The van der Waals surface area contributed by atoms with E-state index in [1.165, 1.54) is 0 Å². The van der Waals surface area contributed by atoms with Crippen molar-refractivity contribution in [3.05, 3.63) is 0 Å². The summed E-state index contributed by atoms with van der Waals surface area (Å²) < 4.78 is 40.9. The highest BCUT2D eigenvalue weighted by Gasteiger charge is 2.60. The summed E-state index contributed by atoms with van der Waals surface area (Å²) in [6.45, 7) is 4.41. The number of carbonyl (C=O) groups excluding carboxylic acids is 4. The van der Waals surface area contributed by atoms with Gasteiger partial charge in [-0.1, -0.05) is 20.8 Å². The number of amides is 3. The first-order valence-corrected chi connectivity index (χ1v) is 10.9. The van der Waals surface area contributed by atoms with E-state index in [1.54, 1.807) is 25.7 Å². The molecule has 1 saturated carbocycles. The van der Waals surface area contributed by atoms with E-state index in [4.69, 9.17) is 0 Å². The molecule has 0 unspecified atom stereocenters. The van der Waals surface area contributed by atoms with E-state index < -0.39 is 48.1 Å². The van der Waals surface area contributed by atoms with Gasteiger partial charge in [0.2, 0.25) is 17.7 Å². The van der Waals surface area contributed by atoms with Crippen molar-refractivity contribution < 1.29 is 37.1 Å². The van der Waals surface area contributed by atoms with Crippen LogP contribution in [0.4, 0.5) is 13.2 Å². The van der Waals surface area contributed by atoms with Gasteiger partial charge in [0.15, 0.2) is 5.78 Å². The molecule has 0 bridgehead atoms. The lowest BCUT2D eigenvalue weighted by Gasteiger charge is -2.63. The molecule has 2 heterocycles. The maximum absolute atomic E-state index is 13.0. The third-order valence-corrected chi connectivity index (χ3v) is 6.61. The van der Waals surface area contributed by atoms with Crippen LogP contribution in [0, 0.1) is 11.3 Å². The molecule has 0 aromatic heterocycles. The molecule has 3 amide bonds. The number of halogens is 3. The fraction of sp³-hybridized carbons (Fsp3) is 0.810. The number of nitrogens with zero attached hydrogens (tertiary/aromatic N) is 1. The van der Waals surface area contributed by atoms with Gasteiger partial charge in [-0.25, -0.2) is 0 Å². The number of rotatable bonds is 7. The molecule has 3 atom stereocenters. The quantitative estimate of drug-likeness (QED) is 0.600. The highest BCUT2D eigenvalue weighted by atomic mass is 19.4. The number of ketones is 1. The minimum Gasteiger partial charge on any atom is -0.356 e. The Bertz CT molecular complexity index is 789. The van der Waals surface area contributed by atoms with Crippen molar-refractivity contribution in [2.24, 2.45) is 11.3 Å². The standard InChI is InChI=1S/C21H30F3N3O5/c1-19(2,3)18(31)27-14(10-20(27)6-4-7-20)17(30)26-13(9-12-5-8-25-16(12)29)15(28)11-32-21(22,23)24/h12-14H,4-11H2,1-3H3,(H,25,29)(H,26,30)/t12-,13-,14-/m0/s1. The highest BCUT2D eigenvalue weighted by Crippen LogP contribution is 2.52. The van der Waals surface area contributed by atoms with Crippen molar-refractivity contribution in [2.75, 3.05) is 13.2 Å². The Kier molecular flexibility index (Phi) is 6.61. The smallest absolute Gasteiger partial charge is 0.356 e. The summed E-state index contributed by atoms with van der Waals surface area (Å²) in [6.07, 6.45) is -1.71. The Balaban J connectivity index is 1.72. The molecule has 3 rings (SSSR count). The predicted molar refractivity (Wildman–Crippen MR) is 106 cm³/mol. The van der Waals surface area contributed by atoms with E-state index in [-0.39, 0.29) is 23.8 Å². The average Bonchev–Trinajstić information content (AvgIpc) is 3.00. The molecule has 32 heavy (non-hydrogen) atoms. The van der Waals surface area contributed by atoms with Gasteiger partial charge in [-0.2, -0.15) is 0 Å². The van der Waals surface area contributed by atoms with Gasteiger partial charge in [0, 0.05) is 29.8 Å². The second kappa shape index (κ2) is 8.64. The third kappa shape index (κ3) is 5.07. The Labute approximate surface area is 184 Å². The zero-order valence-electron chi connectivity index (χ0n) is 18.5. The van der Waals surface area contributed by atoms with Crippen LogP contribution < -0.4 is 10.6 Å². The number of hydrogen-bond acceptors (Lipinski definition) is 5. The number of alkyl halides is 3. The van der Waals surface area contributed by atoms with Crippen molar-refractivity contribution in [3.63, 3.8) is 0 Å². The molecule has 11 heteroatoms. The average molecular weight is 461 g/mol. The lowest BCUT2D eigenvalue weighted by atomic mass is 9.63. The number of carbonyl (C=O) groups is 4. The van der Waals surface area contributed by atoms with E-state index >= 15 is 0 Å². The van der Waals surface area contributed by atoms with Crippen LogP contribution in [0.3, 0.4) is 0 Å². The monoisotopic (exact) mass is 461 g/mol. The third-order valence-electron chi connectivity index (χ3n) is 6.61. The minimum atomic E-state index is -4.99. The molecule has 3 fully saturated rings. The molecule has 1 aliphatic carbocycles. The van der Waals surface area contributed by atoms with E-state index in [2.05, 4.69) is 15.4 Å². The van der Waals surface area contributed by atoms with E-state index in [0.29, 0.717) is 19.4 Å². The second-order valence-corrected chi connectivity index (χ2v) is 10.00. The van der Waals surface area contributed by atoms with Crippen LogP contribution in [-0.2, 0) is 23.9 Å².